The summed E-state index contributed by atoms with van der Waals surface area (Å²) in [6.45, 7) is 0. The lowest BCUT2D eigenvalue weighted by molar-refractivity contribution is 0.103. The highest BCUT2D eigenvalue weighted by Crippen LogP contribution is 2.22. The monoisotopic (exact) mass is 223 g/mol. The van der Waals surface area contributed by atoms with Gasteiger partial charge in [-0.3, -0.25) is 4.79 Å². The molecule has 0 spiro atoms. The zero-order chi connectivity index (χ0) is 10.8. The van der Waals surface area contributed by atoms with Crippen molar-refractivity contribution in [2.24, 2.45) is 7.05 Å². The Morgan fingerprint density at radius 1 is 1.53 bits per heavy atom. The van der Waals surface area contributed by atoms with Crippen LogP contribution in [0, 0.1) is 0 Å². The smallest absolute Gasteiger partial charge is 0.273 e. The van der Waals surface area contributed by atoms with E-state index in [0.29, 0.717) is 15.8 Å². The molecule has 78 valence electrons. The number of methoxy groups -OCH3 is 1. The molecule has 0 atom stereocenters. The number of aromatic nitrogens is 3. The maximum atomic E-state index is 11.9. The molecule has 0 saturated carbocycles. The van der Waals surface area contributed by atoms with Gasteiger partial charge < -0.3 is 9.30 Å². The van der Waals surface area contributed by atoms with E-state index < -0.39 is 0 Å². The minimum Gasteiger partial charge on any atom is -0.473 e. The van der Waals surface area contributed by atoms with Gasteiger partial charge in [0.05, 0.1) is 25.8 Å². The van der Waals surface area contributed by atoms with E-state index in [0.717, 1.165) is 0 Å². The molecule has 15 heavy (non-hydrogen) atoms. The number of ether oxygens (including phenoxy) is 1. The number of hydrogen-bond donors (Lipinski definition) is 0. The van der Waals surface area contributed by atoms with Crippen LogP contribution in [0.15, 0.2) is 18.7 Å². The molecule has 0 amide bonds. The van der Waals surface area contributed by atoms with Crippen LogP contribution in [0.5, 0.6) is 5.19 Å². The van der Waals surface area contributed by atoms with E-state index in [1.165, 1.54) is 30.8 Å². The van der Waals surface area contributed by atoms with Crippen molar-refractivity contribution in [1.29, 1.82) is 0 Å². The molecule has 0 aliphatic heterocycles. The van der Waals surface area contributed by atoms with Crippen LogP contribution in [0.1, 0.15) is 15.4 Å². The van der Waals surface area contributed by atoms with E-state index in [1.54, 1.807) is 17.9 Å². The van der Waals surface area contributed by atoms with Crippen molar-refractivity contribution in [2.45, 2.75) is 0 Å². The SMILES string of the molecule is COc1ncc(C(=O)c2cncn2C)s1. The first-order valence-corrected chi connectivity index (χ1v) is 5.05. The quantitative estimate of drug-likeness (QED) is 0.731. The third kappa shape index (κ3) is 1.75. The average molecular weight is 223 g/mol. The first-order valence-electron chi connectivity index (χ1n) is 4.23. The van der Waals surface area contributed by atoms with Crippen LogP contribution in [0.25, 0.3) is 0 Å². The van der Waals surface area contributed by atoms with Gasteiger partial charge in [-0.05, 0) is 0 Å². The maximum absolute atomic E-state index is 11.9. The first-order chi connectivity index (χ1) is 7.22. The van der Waals surface area contributed by atoms with Crippen LogP contribution in [-0.2, 0) is 7.05 Å². The van der Waals surface area contributed by atoms with Crippen LogP contribution in [0.4, 0.5) is 0 Å². The lowest BCUT2D eigenvalue weighted by Crippen LogP contribution is -2.04. The Labute approximate surface area is 90.4 Å². The number of imidazole rings is 1. The van der Waals surface area contributed by atoms with Crippen LogP contribution in [0.3, 0.4) is 0 Å². The molecule has 2 heterocycles. The summed E-state index contributed by atoms with van der Waals surface area (Å²) in [7, 11) is 3.30. The Kier molecular flexibility index (Phi) is 2.51. The Balaban J connectivity index is 2.32. The number of thiazole rings is 1. The van der Waals surface area contributed by atoms with Crippen LogP contribution < -0.4 is 4.74 Å². The number of carbonyl (C=O) groups is 1. The fraction of sp³-hybridized carbons (Fsp3) is 0.222. The van der Waals surface area contributed by atoms with Gasteiger partial charge in [0.2, 0.25) is 5.78 Å². The molecule has 0 bridgehead atoms. The fourth-order valence-corrected chi connectivity index (χ4v) is 1.84. The van der Waals surface area contributed by atoms with Crippen molar-refractivity contribution in [3.63, 3.8) is 0 Å². The average Bonchev–Trinajstić information content (AvgIpc) is 2.84. The molecule has 0 unspecified atom stereocenters. The van der Waals surface area contributed by atoms with E-state index in [4.69, 9.17) is 4.74 Å². The van der Waals surface area contributed by atoms with Crippen molar-refractivity contribution in [2.75, 3.05) is 7.11 Å². The Hall–Kier alpha value is -1.69. The molecular formula is C9H9N3O2S. The van der Waals surface area contributed by atoms with E-state index in [9.17, 15) is 4.79 Å². The summed E-state index contributed by atoms with van der Waals surface area (Å²) in [6, 6.07) is 0. The summed E-state index contributed by atoms with van der Waals surface area (Å²) in [5.41, 5.74) is 0.543. The molecule has 0 aliphatic carbocycles. The molecule has 0 aromatic carbocycles. The summed E-state index contributed by atoms with van der Waals surface area (Å²) < 4.78 is 6.60. The Bertz CT molecular complexity index is 489. The first kappa shape index (κ1) is 9.85. The van der Waals surface area contributed by atoms with Crippen LogP contribution in [0.2, 0.25) is 0 Å². The Morgan fingerprint density at radius 3 is 2.87 bits per heavy atom. The molecule has 2 rings (SSSR count). The predicted molar refractivity (Wildman–Crippen MR) is 55.3 cm³/mol. The van der Waals surface area contributed by atoms with Gasteiger partial charge in [0.1, 0.15) is 10.6 Å². The van der Waals surface area contributed by atoms with Crippen molar-refractivity contribution in [3.8, 4) is 5.19 Å². The lowest BCUT2D eigenvalue weighted by Gasteiger charge is -1.96. The molecule has 0 fully saturated rings. The van der Waals surface area contributed by atoms with Crippen molar-refractivity contribution in [3.05, 3.63) is 29.3 Å². The van der Waals surface area contributed by atoms with Crippen molar-refractivity contribution >= 4 is 17.1 Å². The minimum absolute atomic E-state index is 0.0872. The van der Waals surface area contributed by atoms with Crippen LogP contribution >= 0.6 is 11.3 Å². The van der Waals surface area contributed by atoms with Gasteiger partial charge >= 0.3 is 0 Å². The van der Waals surface area contributed by atoms with Gasteiger partial charge in [0.15, 0.2) is 0 Å². The number of ketones is 1. The highest BCUT2D eigenvalue weighted by Gasteiger charge is 2.15. The summed E-state index contributed by atoms with van der Waals surface area (Å²) >= 11 is 1.22. The largest absolute Gasteiger partial charge is 0.473 e. The molecule has 6 heteroatoms. The molecule has 0 N–H and O–H groups in total. The molecule has 2 aromatic rings. The molecule has 0 aliphatic rings. The number of rotatable bonds is 3. The molecular weight excluding hydrogens is 214 g/mol. The third-order valence-corrected chi connectivity index (χ3v) is 2.89. The van der Waals surface area contributed by atoms with Gasteiger partial charge in [0, 0.05) is 7.05 Å². The topological polar surface area (TPSA) is 57.0 Å². The summed E-state index contributed by atoms with van der Waals surface area (Å²) in [6.07, 6.45) is 4.64. The standard InChI is InChI=1S/C9H9N3O2S/c1-12-5-10-3-6(12)8(13)7-4-11-9(14-2)15-7/h3-5H,1-2H3. The van der Waals surface area contributed by atoms with E-state index in [2.05, 4.69) is 9.97 Å². The van der Waals surface area contributed by atoms with Crippen molar-refractivity contribution < 1.29 is 9.53 Å². The second kappa shape index (κ2) is 3.82. The molecule has 5 nitrogen and oxygen atoms in total. The summed E-state index contributed by atoms with van der Waals surface area (Å²) in [4.78, 5) is 20.3. The van der Waals surface area contributed by atoms with E-state index >= 15 is 0 Å². The zero-order valence-electron chi connectivity index (χ0n) is 8.30. The number of carbonyl (C=O) groups excluding carboxylic acids is 1. The maximum Gasteiger partial charge on any atom is 0.273 e. The summed E-state index contributed by atoms with van der Waals surface area (Å²) in [5.74, 6) is -0.0872. The fourth-order valence-electron chi connectivity index (χ4n) is 1.16. The lowest BCUT2D eigenvalue weighted by atomic mass is 10.3. The minimum atomic E-state index is -0.0872. The van der Waals surface area contributed by atoms with Gasteiger partial charge in [0.25, 0.3) is 5.19 Å². The van der Waals surface area contributed by atoms with Crippen LogP contribution in [-0.4, -0.2) is 27.4 Å². The second-order valence-corrected chi connectivity index (χ2v) is 3.91. The Morgan fingerprint density at radius 2 is 2.33 bits per heavy atom. The number of hydrogen-bond acceptors (Lipinski definition) is 5. The highest BCUT2D eigenvalue weighted by molar-refractivity contribution is 7.15. The second-order valence-electron chi connectivity index (χ2n) is 2.91. The molecule has 0 radical (unpaired) electrons. The number of aryl methyl sites for hydroxylation is 1. The third-order valence-electron chi connectivity index (χ3n) is 1.93. The van der Waals surface area contributed by atoms with E-state index in [-0.39, 0.29) is 5.78 Å². The van der Waals surface area contributed by atoms with Gasteiger partial charge in [-0.1, -0.05) is 11.3 Å². The summed E-state index contributed by atoms with van der Waals surface area (Å²) in [5, 5.41) is 0.487. The normalized spacial score (nSPS) is 10.3. The van der Waals surface area contributed by atoms with Gasteiger partial charge in [-0.25, -0.2) is 9.97 Å². The number of nitrogens with zero attached hydrogens (tertiary/aromatic N) is 3. The molecule has 2 aromatic heterocycles. The molecule has 0 saturated heterocycles. The van der Waals surface area contributed by atoms with Crippen molar-refractivity contribution in [1.82, 2.24) is 14.5 Å². The van der Waals surface area contributed by atoms with Gasteiger partial charge in [-0.15, -0.1) is 0 Å². The van der Waals surface area contributed by atoms with Gasteiger partial charge in [-0.2, -0.15) is 0 Å². The van der Waals surface area contributed by atoms with E-state index in [1.807, 2.05) is 0 Å². The highest BCUT2D eigenvalue weighted by atomic mass is 32.1. The zero-order valence-corrected chi connectivity index (χ0v) is 9.11. The predicted octanol–water partition coefficient (Wildman–Crippen LogP) is 1.12.